The molecule has 1 aromatic carbocycles. The molecule has 2 N–H and O–H groups in total. The van der Waals surface area contributed by atoms with Crippen molar-refractivity contribution in [3.8, 4) is 0 Å². The van der Waals surface area contributed by atoms with E-state index in [2.05, 4.69) is 11.8 Å². The second kappa shape index (κ2) is 4.13. The Morgan fingerprint density at radius 1 is 1.35 bits per heavy atom. The van der Waals surface area contributed by atoms with Crippen LogP contribution in [0.5, 0.6) is 0 Å². The minimum absolute atomic E-state index is 0.202. The normalized spacial score (nSPS) is 20.9. The second-order valence-corrected chi connectivity index (χ2v) is 4.46. The van der Waals surface area contributed by atoms with Crippen molar-refractivity contribution in [1.29, 1.82) is 0 Å². The molecule has 1 aromatic rings. The van der Waals surface area contributed by atoms with Crippen LogP contribution >= 0.6 is 0 Å². The summed E-state index contributed by atoms with van der Waals surface area (Å²) in [6.45, 7) is 2.92. The number of anilines is 2. The number of nitrogen functional groups attached to an aromatic ring is 1. The van der Waals surface area contributed by atoms with Gasteiger partial charge >= 0.3 is 6.18 Å². The molecule has 1 fully saturated rings. The zero-order chi connectivity index (χ0) is 12.6. The summed E-state index contributed by atoms with van der Waals surface area (Å²) < 4.78 is 37.5. The molecule has 1 aliphatic heterocycles. The molecule has 2 rings (SSSR count). The molecule has 94 valence electrons. The fourth-order valence-corrected chi connectivity index (χ4v) is 2.28. The maximum absolute atomic E-state index is 12.5. The number of nitrogens with zero attached hydrogens (tertiary/aromatic N) is 1. The van der Waals surface area contributed by atoms with Gasteiger partial charge in [0.2, 0.25) is 0 Å². The highest BCUT2D eigenvalue weighted by molar-refractivity contribution is 5.69. The number of hydrogen-bond acceptors (Lipinski definition) is 2. The third-order valence-corrected chi connectivity index (χ3v) is 3.22. The number of alkyl halides is 3. The molecule has 0 bridgehead atoms. The van der Waals surface area contributed by atoms with Crippen LogP contribution < -0.4 is 10.6 Å². The highest BCUT2D eigenvalue weighted by Gasteiger charge is 2.31. The Bertz CT molecular complexity index is 415. The zero-order valence-electron chi connectivity index (χ0n) is 9.59. The van der Waals surface area contributed by atoms with Crippen LogP contribution in [0, 0.1) is 0 Å². The van der Waals surface area contributed by atoms with E-state index in [1.54, 1.807) is 0 Å². The van der Waals surface area contributed by atoms with Gasteiger partial charge in [-0.25, -0.2) is 0 Å². The van der Waals surface area contributed by atoms with Gasteiger partial charge in [0, 0.05) is 12.6 Å². The summed E-state index contributed by atoms with van der Waals surface area (Å²) in [5.74, 6) is 0. The Kier molecular flexibility index (Phi) is 2.93. The van der Waals surface area contributed by atoms with Crippen molar-refractivity contribution in [3.05, 3.63) is 23.8 Å². The molecule has 1 aliphatic rings. The van der Waals surface area contributed by atoms with Gasteiger partial charge in [0.25, 0.3) is 0 Å². The molecule has 1 saturated heterocycles. The first-order valence-electron chi connectivity index (χ1n) is 5.63. The molecule has 5 heteroatoms. The van der Waals surface area contributed by atoms with Gasteiger partial charge in [-0.2, -0.15) is 13.2 Å². The first-order chi connectivity index (χ1) is 7.89. The molecule has 1 heterocycles. The van der Waals surface area contributed by atoms with Crippen LogP contribution in [0.15, 0.2) is 18.2 Å². The number of nitrogens with two attached hydrogens (primary N) is 1. The monoisotopic (exact) mass is 244 g/mol. The molecule has 17 heavy (non-hydrogen) atoms. The molecule has 0 amide bonds. The molecular weight excluding hydrogens is 229 g/mol. The summed E-state index contributed by atoms with van der Waals surface area (Å²) in [7, 11) is 0. The molecule has 1 atom stereocenters. The van der Waals surface area contributed by atoms with Gasteiger partial charge in [-0.1, -0.05) is 0 Å². The average Bonchev–Trinajstić information content (AvgIpc) is 2.63. The lowest BCUT2D eigenvalue weighted by Crippen LogP contribution is -2.27. The summed E-state index contributed by atoms with van der Waals surface area (Å²) in [6.07, 6.45) is -2.22. The Hall–Kier alpha value is -1.39. The van der Waals surface area contributed by atoms with E-state index in [-0.39, 0.29) is 5.69 Å². The molecule has 2 nitrogen and oxygen atoms in total. The molecule has 0 aromatic heterocycles. The van der Waals surface area contributed by atoms with Crippen LogP contribution in [0.1, 0.15) is 25.3 Å². The SMILES string of the molecule is CC1CCCN1c1ccc(C(F)(F)F)cc1N. The third kappa shape index (κ3) is 2.33. The predicted octanol–water partition coefficient (Wildman–Crippen LogP) is 3.28. The zero-order valence-corrected chi connectivity index (χ0v) is 9.59. The van der Waals surface area contributed by atoms with Crippen molar-refractivity contribution in [2.75, 3.05) is 17.2 Å². The van der Waals surface area contributed by atoms with Crippen molar-refractivity contribution in [1.82, 2.24) is 0 Å². The van der Waals surface area contributed by atoms with E-state index < -0.39 is 11.7 Å². The lowest BCUT2D eigenvalue weighted by atomic mass is 10.1. The molecule has 0 saturated carbocycles. The standard InChI is InChI=1S/C12H15F3N2/c1-8-3-2-6-17(8)11-5-4-9(7-10(11)16)12(13,14)15/h4-5,7-8H,2-3,6,16H2,1H3. The average molecular weight is 244 g/mol. The third-order valence-electron chi connectivity index (χ3n) is 3.22. The number of hydrogen-bond donors (Lipinski definition) is 1. The summed E-state index contributed by atoms with van der Waals surface area (Å²) >= 11 is 0. The van der Waals surface area contributed by atoms with Crippen molar-refractivity contribution in [2.45, 2.75) is 32.0 Å². The van der Waals surface area contributed by atoms with Crippen molar-refractivity contribution >= 4 is 11.4 Å². The summed E-state index contributed by atoms with van der Waals surface area (Å²) in [6, 6.07) is 3.92. The first kappa shape index (κ1) is 12.1. The molecule has 1 unspecified atom stereocenters. The highest BCUT2D eigenvalue weighted by Crippen LogP contribution is 2.36. The van der Waals surface area contributed by atoms with Crippen molar-refractivity contribution in [3.63, 3.8) is 0 Å². The maximum Gasteiger partial charge on any atom is 0.416 e. The van der Waals surface area contributed by atoms with Gasteiger partial charge in [0.15, 0.2) is 0 Å². The van der Waals surface area contributed by atoms with Gasteiger partial charge in [-0.05, 0) is 38.0 Å². The van der Waals surface area contributed by atoms with Crippen LogP contribution in [0.2, 0.25) is 0 Å². The minimum Gasteiger partial charge on any atom is -0.397 e. The predicted molar refractivity (Wildman–Crippen MR) is 61.9 cm³/mol. The van der Waals surface area contributed by atoms with E-state index in [9.17, 15) is 13.2 Å². The van der Waals surface area contributed by atoms with E-state index in [1.807, 2.05) is 0 Å². The molecule has 0 radical (unpaired) electrons. The fourth-order valence-electron chi connectivity index (χ4n) is 2.28. The van der Waals surface area contributed by atoms with Crippen LogP contribution in [-0.4, -0.2) is 12.6 Å². The minimum atomic E-state index is -4.33. The van der Waals surface area contributed by atoms with Gasteiger partial charge in [0.05, 0.1) is 16.9 Å². The number of benzene rings is 1. The van der Waals surface area contributed by atoms with Gasteiger partial charge in [-0.15, -0.1) is 0 Å². The first-order valence-corrected chi connectivity index (χ1v) is 5.63. The summed E-state index contributed by atoms with van der Waals surface area (Å²) in [5.41, 5.74) is 5.94. The van der Waals surface area contributed by atoms with E-state index in [4.69, 9.17) is 5.73 Å². The Labute approximate surface area is 98.2 Å². The van der Waals surface area contributed by atoms with Crippen LogP contribution in [0.4, 0.5) is 24.5 Å². The highest BCUT2D eigenvalue weighted by atomic mass is 19.4. The number of halogens is 3. The number of rotatable bonds is 1. The van der Waals surface area contributed by atoms with Crippen molar-refractivity contribution in [2.24, 2.45) is 0 Å². The van der Waals surface area contributed by atoms with E-state index in [1.165, 1.54) is 6.07 Å². The lowest BCUT2D eigenvalue weighted by Gasteiger charge is -2.25. The van der Waals surface area contributed by atoms with Gasteiger partial charge in [-0.3, -0.25) is 0 Å². The van der Waals surface area contributed by atoms with E-state index in [0.29, 0.717) is 11.7 Å². The molecular formula is C12H15F3N2. The summed E-state index contributed by atoms with van der Waals surface area (Å²) in [5, 5.41) is 0. The smallest absolute Gasteiger partial charge is 0.397 e. The van der Waals surface area contributed by atoms with Crippen LogP contribution in [-0.2, 0) is 6.18 Å². The Morgan fingerprint density at radius 3 is 2.53 bits per heavy atom. The van der Waals surface area contributed by atoms with E-state index in [0.717, 1.165) is 31.5 Å². The Morgan fingerprint density at radius 2 is 2.06 bits per heavy atom. The van der Waals surface area contributed by atoms with Gasteiger partial charge < -0.3 is 10.6 Å². The van der Waals surface area contributed by atoms with Crippen molar-refractivity contribution < 1.29 is 13.2 Å². The topological polar surface area (TPSA) is 29.3 Å². The molecule has 0 spiro atoms. The Balaban J connectivity index is 2.32. The maximum atomic E-state index is 12.5. The lowest BCUT2D eigenvalue weighted by molar-refractivity contribution is -0.137. The van der Waals surface area contributed by atoms with Crippen LogP contribution in [0.3, 0.4) is 0 Å². The van der Waals surface area contributed by atoms with Crippen LogP contribution in [0.25, 0.3) is 0 Å². The quantitative estimate of drug-likeness (QED) is 0.768. The fraction of sp³-hybridized carbons (Fsp3) is 0.500. The van der Waals surface area contributed by atoms with Gasteiger partial charge in [0.1, 0.15) is 0 Å². The second-order valence-electron chi connectivity index (χ2n) is 4.46. The van der Waals surface area contributed by atoms with E-state index >= 15 is 0 Å². The molecule has 0 aliphatic carbocycles. The largest absolute Gasteiger partial charge is 0.416 e. The summed E-state index contributed by atoms with van der Waals surface area (Å²) in [4.78, 5) is 2.06.